The minimum atomic E-state index is 1.09. The van der Waals surface area contributed by atoms with Crippen LogP contribution in [0.5, 0.6) is 0 Å². The number of rotatable bonds is 9. The Morgan fingerprint density at radius 3 is 0.972 bits per heavy atom. The van der Waals surface area contributed by atoms with Crippen LogP contribution in [0.4, 0.5) is 34.1 Å². The molecule has 0 N–H and O–H groups in total. The maximum absolute atomic E-state index is 2.40. The van der Waals surface area contributed by atoms with Crippen LogP contribution in [0.15, 0.2) is 279 Å². The summed E-state index contributed by atoms with van der Waals surface area (Å²) in [6.45, 7) is 0. The Kier molecular flexibility index (Phi) is 9.82. The molecule has 0 amide bonds. The molecular weight excluding hydrogens is 873 g/mol. The first-order valence-electron chi connectivity index (χ1n) is 24.7. The molecule has 0 unspecified atom stereocenters. The van der Waals surface area contributed by atoms with Crippen LogP contribution in [-0.4, -0.2) is 9.13 Å². The second-order valence-corrected chi connectivity index (χ2v) is 18.6. The predicted octanol–water partition coefficient (Wildman–Crippen LogP) is 18.8. The van der Waals surface area contributed by atoms with E-state index in [9.17, 15) is 0 Å². The van der Waals surface area contributed by atoms with Gasteiger partial charge in [0, 0.05) is 67.0 Å². The molecule has 4 nitrogen and oxygen atoms in total. The Hall–Kier alpha value is -9.64. The fourth-order valence-electron chi connectivity index (χ4n) is 11.0. The second-order valence-electron chi connectivity index (χ2n) is 18.6. The highest BCUT2D eigenvalue weighted by Gasteiger charge is 2.20. The van der Waals surface area contributed by atoms with Crippen LogP contribution in [0.25, 0.3) is 87.7 Å². The lowest BCUT2D eigenvalue weighted by atomic mass is 10.0. The van der Waals surface area contributed by atoms with Gasteiger partial charge >= 0.3 is 0 Å². The summed E-state index contributed by atoms with van der Waals surface area (Å²) in [7, 11) is 0. The lowest BCUT2D eigenvalue weighted by molar-refractivity contribution is 1.18. The molecular formula is C68H46N4. The van der Waals surface area contributed by atoms with Crippen LogP contribution >= 0.6 is 0 Å². The van der Waals surface area contributed by atoms with Crippen LogP contribution in [0.2, 0.25) is 0 Å². The van der Waals surface area contributed by atoms with E-state index < -0.39 is 0 Å². The lowest BCUT2D eigenvalue weighted by Gasteiger charge is -2.26. The largest absolute Gasteiger partial charge is 0.310 e. The molecule has 0 aliphatic heterocycles. The standard InChI is InChI=1S/C68H46N4/c1-3-19-53(20-4-1)69(59-39-41-67-63(45-59)61-23-11-13-25-65(61)71(67)57-37-31-47-15-7-9-17-51(47)43-57)55-33-27-49(28-34-55)50-29-35-56(36-30-50)70(54-21-5-2-6-22-54)60-40-42-68-64(46-60)62-24-12-14-26-66(62)72(68)58-38-32-48-16-8-10-18-52(48)44-58/h1-46H. The molecule has 0 saturated carbocycles. The zero-order chi connectivity index (χ0) is 47.5. The Morgan fingerprint density at radius 1 is 0.208 bits per heavy atom. The summed E-state index contributed by atoms with van der Waals surface area (Å²) < 4.78 is 4.80. The van der Waals surface area contributed by atoms with E-state index >= 15 is 0 Å². The van der Waals surface area contributed by atoms with Crippen molar-refractivity contribution < 1.29 is 0 Å². The van der Waals surface area contributed by atoms with Gasteiger partial charge < -0.3 is 18.9 Å². The monoisotopic (exact) mass is 918 g/mol. The molecule has 12 aromatic carbocycles. The Labute approximate surface area is 417 Å². The lowest BCUT2D eigenvalue weighted by Crippen LogP contribution is -2.10. The molecule has 72 heavy (non-hydrogen) atoms. The summed E-state index contributed by atoms with van der Waals surface area (Å²) in [5.41, 5.74) is 15.9. The van der Waals surface area contributed by atoms with Gasteiger partial charge in [-0.05, 0) is 154 Å². The quantitative estimate of drug-likeness (QED) is 0.143. The summed E-state index contributed by atoms with van der Waals surface area (Å²) in [4.78, 5) is 4.73. The molecule has 0 aliphatic rings. The van der Waals surface area contributed by atoms with E-state index in [1.807, 2.05) is 0 Å². The maximum Gasteiger partial charge on any atom is 0.0542 e. The van der Waals surface area contributed by atoms with Gasteiger partial charge in [0.2, 0.25) is 0 Å². The number of nitrogens with zero attached hydrogens (tertiary/aromatic N) is 4. The second kappa shape index (κ2) is 17.1. The highest BCUT2D eigenvalue weighted by Crippen LogP contribution is 2.43. The normalized spacial score (nSPS) is 11.6. The number of hydrogen-bond donors (Lipinski definition) is 0. The highest BCUT2D eigenvalue weighted by atomic mass is 15.1. The van der Waals surface area contributed by atoms with Crippen LogP contribution in [0.1, 0.15) is 0 Å². The van der Waals surface area contributed by atoms with E-state index in [-0.39, 0.29) is 0 Å². The van der Waals surface area contributed by atoms with Gasteiger partial charge in [-0.2, -0.15) is 0 Å². The molecule has 4 heteroatoms. The summed E-state index contributed by atoms with van der Waals surface area (Å²) >= 11 is 0. The molecule has 2 heterocycles. The number of fused-ring (bicyclic) bond motifs is 8. The number of anilines is 6. The number of aromatic nitrogens is 2. The number of benzene rings is 12. The fraction of sp³-hybridized carbons (Fsp3) is 0. The average molecular weight is 919 g/mol. The maximum atomic E-state index is 2.40. The zero-order valence-electron chi connectivity index (χ0n) is 39.3. The molecule has 0 atom stereocenters. The van der Waals surface area contributed by atoms with Gasteiger partial charge in [0.1, 0.15) is 0 Å². The zero-order valence-corrected chi connectivity index (χ0v) is 39.3. The first kappa shape index (κ1) is 41.3. The van der Waals surface area contributed by atoms with Crippen molar-refractivity contribution in [2.45, 2.75) is 0 Å². The van der Waals surface area contributed by atoms with E-state index in [1.165, 1.54) is 65.2 Å². The third-order valence-electron chi connectivity index (χ3n) is 14.4. The van der Waals surface area contributed by atoms with Gasteiger partial charge in [-0.3, -0.25) is 0 Å². The minimum absolute atomic E-state index is 1.09. The van der Waals surface area contributed by atoms with Crippen molar-refractivity contribution in [2.75, 3.05) is 9.80 Å². The van der Waals surface area contributed by atoms with Crippen molar-refractivity contribution in [3.05, 3.63) is 279 Å². The molecule has 0 radical (unpaired) electrons. The van der Waals surface area contributed by atoms with Crippen molar-refractivity contribution >= 4 is 99.3 Å². The van der Waals surface area contributed by atoms with E-state index in [4.69, 9.17) is 0 Å². The van der Waals surface area contributed by atoms with Crippen molar-refractivity contribution in [1.29, 1.82) is 0 Å². The van der Waals surface area contributed by atoms with Crippen LogP contribution < -0.4 is 9.80 Å². The summed E-state index contributed by atoms with van der Waals surface area (Å²) in [6.07, 6.45) is 0. The Bertz CT molecular complexity index is 4040. The van der Waals surface area contributed by atoms with E-state index in [1.54, 1.807) is 0 Å². The highest BCUT2D eigenvalue weighted by molar-refractivity contribution is 6.12. The molecule has 0 bridgehead atoms. The van der Waals surface area contributed by atoms with Gasteiger partial charge in [-0.1, -0.05) is 158 Å². The van der Waals surface area contributed by atoms with Gasteiger partial charge in [0.25, 0.3) is 0 Å². The molecule has 14 rings (SSSR count). The molecule has 2 aromatic heterocycles. The van der Waals surface area contributed by atoms with Gasteiger partial charge in [0.05, 0.1) is 22.1 Å². The average Bonchev–Trinajstić information content (AvgIpc) is 3.96. The minimum Gasteiger partial charge on any atom is -0.310 e. The van der Waals surface area contributed by atoms with Crippen molar-refractivity contribution in [3.63, 3.8) is 0 Å². The smallest absolute Gasteiger partial charge is 0.0542 e. The van der Waals surface area contributed by atoms with Crippen molar-refractivity contribution in [3.8, 4) is 22.5 Å². The Morgan fingerprint density at radius 2 is 0.542 bits per heavy atom. The molecule has 0 aliphatic carbocycles. The van der Waals surface area contributed by atoms with Gasteiger partial charge in [0.15, 0.2) is 0 Å². The summed E-state index contributed by atoms with van der Waals surface area (Å²) in [5, 5.41) is 9.82. The summed E-state index contributed by atoms with van der Waals surface area (Å²) in [6, 6.07) is 101. The SMILES string of the molecule is c1ccc(N(c2ccc(-c3ccc(N(c4ccccc4)c4ccc5c(c4)c4ccccc4n5-c4ccc5ccccc5c4)cc3)cc2)c2ccc3c(c2)c2ccccc2n3-c2ccc3ccccc3c2)cc1. The van der Waals surface area contributed by atoms with E-state index in [0.717, 1.165) is 56.6 Å². The molecule has 338 valence electrons. The van der Waals surface area contributed by atoms with E-state index in [0.29, 0.717) is 0 Å². The summed E-state index contributed by atoms with van der Waals surface area (Å²) in [5.74, 6) is 0. The number of hydrogen-bond acceptors (Lipinski definition) is 2. The first-order chi connectivity index (χ1) is 35.7. The van der Waals surface area contributed by atoms with E-state index in [2.05, 4.69) is 298 Å². The Balaban J connectivity index is 0.813. The van der Waals surface area contributed by atoms with Crippen LogP contribution in [0, 0.1) is 0 Å². The topological polar surface area (TPSA) is 16.3 Å². The first-order valence-corrected chi connectivity index (χ1v) is 24.7. The van der Waals surface area contributed by atoms with Crippen molar-refractivity contribution in [1.82, 2.24) is 9.13 Å². The number of para-hydroxylation sites is 4. The van der Waals surface area contributed by atoms with Crippen molar-refractivity contribution in [2.24, 2.45) is 0 Å². The molecule has 0 fully saturated rings. The van der Waals surface area contributed by atoms with Gasteiger partial charge in [-0.15, -0.1) is 0 Å². The molecule has 0 saturated heterocycles. The molecule has 14 aromatic rings. The third-order valence-corrected chi connectivity index (χ3v) is 14.4. The molecule has 0 spiro atoms. The van der Waals surface area contributed by atoms with Crippen LogP contribution in [0.3, 0.4) is 0 Å². The third kappa shape index (κ3) is 7.00. The van der Waals surface area contributed by atoms with Gasteiger partial charge in [-0.25, -0.2) is 0 Å². The van der Waals surface area contributed by atoms with Crippen LogP contribution in [-0.2, 0) is 0 Å². The predicted molar refractivity (Wildman–Crippen MR) is 305 cm³/mol. The fourth-order valence-corrected chi connectivity index (χ4v) is 11.0.